The van der Waals surface area contributed by atoms with Crippen LogP contribution in [0.5, 0.6) is 0 Å². The normalized spacial score (nSPS) is 20.9. The minimum absolute atomic E-state index is 0.555. The summed E-state index contributed by atoms with van der Waals surface area (Å²) in [6.45, 7) is 0. The van der Waals surface area contributed by atoms with E-state index in [4.69, 9.17) is 0 Å². The van der Waals surface area contributed by atoms with Crippen LogP contribution in [0.15, 0.2) is 0 Å². The number of hydrogen-bond acceptors (Lipinski definition) is 3. The first-order chi connectivity index (χ1) is 6.47. The van der Waals surface area contributed by atoms with Crippen LogP contribution in [0.3, 0.4) is 0 Å². The van der Waals surface area contributed by atoms with E-state index in [1.807, 2.05) is 0 Å². The summed E-state index contributed by atoms with van der Waals surface area (Å²) in [6.07, 6.45) is 9.25. The Balaban J connectivity index is 1.96. The molecule has 0 atom stereocenters. The van der Waals surface area contributed by atoms with Crippen LogP contribution < -0.4 is 0 Å². The lowest BCUT2D eigenvalue weighted by atomic mass is 9.91. The first-order valence-electron chi connectivity index (χ1n) is 5.20. The monoisotopic (exact) mass is 180 g/mol. The minimum Gasteiger partial charge on any atom is -0.177 e. The highest BCUT2D eigenvalue weighted by atomic mass is 15.5. The highest BCUT2D eigenvalue weighted by molar-refractivity contribution is 4.90. The maximum absolute atomic E-state index is 4.06. The Bertz CT molecular complexity index is 224. The summed E-state index contributed by atoms with van der Waals surface area (Å²) in [7, 11) is 0. The Labute approximate surface area is 78.1 Å². The molecule has 0 spiro atoms. The van der Waals surface area contributed by atoms with Gasteiger partial charge in [-0.1, -0.05) is 37.3 Å². The number of rotatable bonds is 1. The predicted octanol–water partition coefficient (Wildman–Crippen LogP) is 2.03. The molecule has 1 N–H and O–H groups in total. The van der Waals surface area contributed by atoms with Crippen molar-refractivity contribution in [3.63, 3.8) is 0 Å². The molecule has 2 rings (SSSR count). The van der Waals surface area contributed by atoms with E-state index in [1.54, 1.807) is 0 Å². The summed E-state index contributed by atoms with van der Waals surface area (Å²) in [5.74, 6) is 1.47. The average molecular weight is 180 g/mol. The molecule has 0 unspecified atom stereocenters. The van der Waals surface area contributed by atoms with Crippen molar-refractivity contribution in [2.75, 3.05) is 0 Å². The van der Waals surface area contributed by atoms with Crippen molar-refractivity contribution in [3.05, 3.63) is 5.82 Å². The lowest BCUT2D eigenvalue weighted by Gasteiger charge is -2.15. The number of nitrogens with zero attached hydrogens (tertiary/aromatic N) is 3. The van der Waals surface area contributed by atoms with Crippen molar-refractivity contribution in [2.45, 2.75) is 50.9 Å². The number of aromatic amines is 1. The largest absolute Gasteiger partial charge is 0.177 e. The summed E-state index contributed by atoms with van der Waals surface area (Å²) in [6, 6.07) is 0. The van der Waals surface area contributed by atoms with E-state index in [-0.39, 0.29) is 0 Å². The smallest absolute Gasteiger partial charge is 0.177 e. The van der Waals surface area contributed by atoms with Gasteiger partial charge in [0.05, 0.1) is 0 Å². The van der Waals surface area contributed by atoms with Crippen LogP contribution in [-0.2, 0) is 0 Å². The summed E-state index contributed by atoms with van der Waals surface area (Å²) in [5.41, 5.74) is 0. The zero-order valence-electron chi connectivity index (χ0n) is 7.87. The Morgan fingerprint density at radius 1 is 1.00 bits per heavy atom. The molecular formula is C9H16N4. The van der Waals surface area contributed by atoms with E-state index in [0.29, 0.717) is 5.92 Å². The molecule has 0 radical (unpaired) electrons. The number of nitrogens with one attached hydrogen (secondary N) is 1. The standard InChI is InChI=1S/C9H16N4/c1-2-4-6-8(7-5-3-1)9-10-12-13-11-9/h8H,1-7H2,(H,10,11,12,13). The predicted molar refractivity (Wildman–Crippen MR) is 49.2 cm³/mol. The van der Waals surface area contributed by atoms with Crippen molar-refractivity contribution in [3.8, 4) is 0 Å². The van der Waals surface area contributed by atoms with Crippen LogP contribution in [0.1, 0.15) is 56.7 Å². The number of hydrogen-bond donors (Lipinski definition) is 1. The molecule has 1 aliphatic rings. The van der Waals surface area contributed by atoms with Crippen molar-refractivity contribution in [1.29, 1.82) is 0 Å². The Morgan fingerprint density at radius 2 is 1.69 bits per heavy atom. The minimum atomic E-state index is 0.555. The first-order valence-corrected chi connectivity index (χ1v) is 5.20. The lowest BCUT2D eigenvalue weighted by molar-refractivity contribution is 0.442. The maximum atomic E-state index is 4.06. The summed E-state index contributed by atoms with van der Waals surface area (Å²) < 4.78 is 0. The number of H-pyrrole nitrogens is 1. The average Bonchev–Trinajstić information content (AvgIpc) is 2.55. The third-order valence-electron chi connectivity index (χ3n) is 2.83. The Hall–Kier alpha value is -0.930. The van der Waals surface area contributed by atoms with Gasteiger partial charge in [-0.25, -0.2) is 0 Å². The van der Waals surface area contributed by atoms with Gasteiger partial charge in [0, 0.05) is 5.92 Å². The fourth-order valence-electron chi connectivity index (χ4n) is 2.06. The van der Waals surface area contributed by atoms with Crippen LogP contribution in [0.4, 0.5) is 0 Å². The Kier molecular flexibility index (Phi) is 2.90. The third-order valence-corrected chi connectivity index (χ3v) is 2.83. The van der Waals surface area contributed by atoms with Crippen molar-refractivity contribution in [2.24, 2.45) is 0 Å². The van der Waals surface area contributed by atoms with Gasteiger partial charge in [-0.3, -0.25) is 0 Å². The number of aromatic nitrogens is 4. The van der Waals surface area contributed by atoms with Gasteiger partial charge in [-0.15, -0.1) is 10.2 Å². The quantitative estimate of drug-likeness (QED) is 0.719. The molecule has 1 fully saturated rings. The van der Waals surface area contributed by atoms with E-state index in [1.165, 1.54) is 44.9 Å². The summed E-state index contributed by atoms with van der Waals surface area (Å²) in [5, 5.41) is 14.3. The molecule has 1 heterocycles. The van der Waals surface area contributed by atoms with E-state index in [0.717, 1.165) is 5.82 Å². The van der Waals surface area contributed by atoms with Crippen molar-refractivity contribution in [1.82, 2.24) is 20.6 Å². The van der Waals surface area contributed by atoms with Crippen molar-refractivity contribution >= 4 is 0 Å². The van der Waals surface area contributed by atoms with Gasteiger partial charge in [0.25, 0.3) is 0 Å². The molecule has 0 aromatic carbocycles. The van der Waals surface area contributed by atoms with Gasteiger partial charge in [0.2, 0.25) is 0 Å². The molecule has 0 aliphatic heterocycles. The van der Waals surface area contributed by atoms with Crippen LogP contribution in [0, 0.1) is 0 Å². The molecule has 0 bridgehead atoms. The molecule has 72 valence electrons. The molecule has 1 aliphatic carbocycles. The van der Waals surface area contributed by atoms with Gasteiger partial charge in [-0.05, 0) is 12.8 Å². The summed E-state index contributed by atoms with van der Waals surface area (Å²) >= 11 is 0. The second kappa shape index (κ2) is 4.35. The molecular weight excluding hydrogens is 164 g/mol. The molecule has 13 heavy (non-hydrogen) atoms. The topological polar surface area (TPSA) is 54.5 Å². The fourth-order valence-corrected chi connectivity index (χ4v) is 2.06. The van der Waals surface area contributed by atoms with Gasteiger partial charge in [0.15, 0.2) is 5.82 Å². The van der Waals surface area contributed by atoms with Gasteiger partial charge < -0.3 is 0 Å². The van der Waals surface area contributed by atoms with E-state index >= 15 is 0 Å². The first kappa shape index (κ1) is 8.66. The van der Waals surface area contributed by atoms with Crippen LogP contribution in [0.25, 0.3) is 0 Å². The molecule has 0 saturated heterocycles. The molecule has 1 aromatic rings. The molecule has 1 aromatic heterocycles. The molecule has 4 heteroatoms. The maximum Gasteiger partial charge on any atom is 0.177 e. The fraction of sp³-hybridized carbons (Fsp3) is 0.889. The van der Waals surface area contributed by atoms with E-state index in [9.17, 15) is 0 Å². The zero-order chi connectivity index (χ0) is 8.93. The van der Waals surface area contributed by atoms with Gasteiger partial charge in [-0.2, -0.15) is 5.21 Å². The summed E-state index contributed by atoms with van der Waals surface area (Å²) in [4.78, 5) is 0. The van der Waals surface area contributed by atoms with Crippen LogP contribution in [-0.4, -0.2) is 20.6 Å². The highest BCUT2D eigenvalue weighted by Gasteiger charge is 2.16. The molecule has 1 saturated carbocycles. The lowest BCUT2D eigenvalue weighted by Crippen LogP contribution is -2.04. The second-order valence-corrected chi connectivity index (χ2v) is 3.81. The van der Waals surface area contributed by atoms with E-state index in [2.05, 4.69) is 20.6 Å². The Morgan fingerprint density at radius 3 is 2.31 bits per heavy atom. The van der Waals surface area contributed by atoms with Gasteiger partial charge in [0.1, 0.15) is 0 Å². The second-order valence-electron chi connectivity index (χ2n) is 3.81. The third kappa shape index (κ3) is 2.26. The van der Waals surface area contributed by atoms with Gasteiger partial charge >= 0.3 is 0 Å². The number of tetrazole rings is 1. The van der Waals surface area contributed by atoms with Crippen LogP contribution >= 0.6 is 0 Å². The molecule has 0 amide bonds. The zero-order valence-corrected chi connectivity index (χ0v) is 7.87. The molecule has 4 nitrogen and oxygen atoms in total. The van der Waals surface area contributed by atoms with Crippen LogP contribution in [0.2, 0.25) is 0 Å². The van der Waals surface area contributed by atoms with Crippen molar-refractivity contribution < 1.29 is 0 Å². The van der Waals surface area contributed by atoms with E-state index < -0.39 is 0 Å². The highest BCUT2D eigenvalue weighted by Crippen LogP contribution is 2.27. The SMILES string of the molecule is C1CCCC(c2nn[nH]n2)CCC1.